The average Bonchev–Trinajstić information content (AvgIpc) is 2.87. The van der Waals surface area contributed by atoms with Gasteiger partial charge in [-0.3, -0.25) is 9.63 Å². The summed E-state index contributed by atoms with van der Waals surface area (Å²) in [6.07, 6.45) is 3.96. The van der Waals surface area contributed by atoms with E-state index in [0.717, 1.165) is 0 Å². The molecule has 1 amide bonds. The van der Waals surface area contributed by atoms with Gasteiger partial charge in [0.1, 0.15) is 0 Å². The Morgan fingerprint density at radius 3 is 1.73 bits per heavy atom. The predicted octanol–water partition coefficient (Wildman–Crippen LogP) is 6.95. The van der Waals surface area contributed by atoms with E-state index in [9.17, 15) is 4.79 Å². The smallest absolute Gasteiger partial charge is 0.269 e. The van der Waals surface area contributed by atoms with Crippen LogP contribution in [0, 0.1) is 5.41 Å². The van der Waals surface area contributed by atoms with Gasteiger partial charge in [0.25, 0.3) is 14.2 Å². The first-order chi connectivity index (χ1) is 18.4. The summed E-state index contributed by atoms with van der Waals surface area (Å²) in [5.41, 5.74) is -0.330. The summed E-state index contributed by atoms with van der Waals surface area (Å²) < 4.78 is 14.4. The maximum Gasteiger partial charge on any atom is 0.269 e. The van der Waals surface area contributed by atoms with Crippen LogP contribution in [0.1, 0.15) is 61.8 Å². The SMILES string of the molecule is CON(C)C(=O)/C=C/C[C@H](O[Si](C)(C)C(C)(C)C)C(C)(C)CO[Si](c1ccccc1)(c1ccccc1)C(C)(C)C. The molecule has 2 aromatic carbocycles. The number of carbonyl (C=O) groups is 1. The minimum absolute atomic E-state index is 0.0516. The minimum atomic E-state index is -2.71. The van der Waals surface area contributed by atoms with Gasteiger partial charge < -0.3 is 8.85 Å². The fourth-order valence-corrected chi connectivity index (χ4v) is 10.9. The first-order valence-corrected chi connectivity index (χ1v) is 19.1. The number of likely N-dealkylation sites (N-methyl/N-ethyl adjacent to an activating group) is 1. The Hall–Kier alpha value is -2.04. The molecule has 0 radical (unpaired) electrons. The Kier molecular flexibility index (Phi) is 11.4. The summed E-state index contributed by atoms with van der Waals surface area (Å²) >= 11 is 0. The molecule has 0 aliphatic heterocycles. The van der Waals surface area contributed by atoms with Gasteiger partial charge >= 0.3 is 0 Å². The Labute approximate surface area is 246 Å². The third-order valence-corrected chi connectivity index (χ3v) is 17.9. The summed E-state index contributed by atoms with van der Waals surface area (Å²) in [5, 5.41) is 3.69. The average molecular weight is 584 g/mol. The second-order valence-corrected chi connectivity index (χ2v) is 23.0. The van der Waals surface area contributed by atoms with Crippen LogP contribution in [0.4, 0.5) is 0 Å². The van der Waals surface area contributed by atoms with E-state index in [1.165, 1.54) is 22.5 Å². The van der Waals surface area contributed by atoms with Crippen molar-refractivity contribution in [2.24, 2.45) is 5.41 Å². The lowest BCUT2D eigenvalue weighted by Crippen LogP contribution is -2.67. The van der Waals surface area contributed by atoms with Crippen molar-refractivity contribution in [3.63, 3.8) is 0 Å². The van der Waals surface area contributed by atoms with Gasteiger partial charge in [-0.05, 0) is 40.0 Å². The van der Waals surface area contributed by atoms with E-state index in [0.29, 0.717) is 13.0 Å². The van der Waals surface area contributed by atoms with Crippen molar-refractivity contribution in [1.82, 2.24) is 5.06 Å². The first-order valence-electron chi connectivity index (χ1n) is 14.3. The number of hydroxylamine groups is 2. The van der Waals surface area contributed by atoms with Gasteiger partial charge in [0.05, 0.1) is 13.2 Å². The van der Waals surface area contributed by atoms with E-state index in [2.05, 4.69) is 129 Å². The molecule has 0 heterocycles. The molecule has 0 aromatic heterocycles. The van der Waals surface area contributed by atoms with E-state index in [1.807, 2.05) is 6.08 Å². The zero-order valence-corrected chi connectivity index (χ0v) is 29.0. The van der Waals surface area contributed by atoms with Crippen molar-refractivity contribution < 1.29 is 18.5 Å². The van der Waals surface area contributed by atoms with Crippen molar-refractivity contribution in [3.05, 3.63) is 72.8 Å². The topological polar surface area (TPSA) is 48.0 Å². The highest BCUT2D eigenvalue weighted by molar-refractivity contribution is 6.99. The maximum atomic E-state index is 12.4. The van der Waals surface area contributed by atoms with Gasteiger partial charge in [-0.15, -0.1) is 0 Å². The Balaban J connectivity index is 2.53. The number of carbonyl (C=O) groups excluding carboxylic acids is 1. The number of benzene rings is 2. The van der Waals surface area contributed by atoms with Gasteiger partial charge in [0.2, 0.25) is 0 Å². The third kappa shape index (κ3) is 8.04. The summed E-state index contributed by atoms with van der Waals surface area (Å²) in [4.78, 5) is 17.4. The lowest BCUT2D eigenvalue weighted by molar-refractivity contribution is -0.162. The van der Waals surface area contributed by atoms with Crippen molar-refractivity contribution in [1.29, 1.82) is 0 Å². The number of hydrogen-bond acceptors (Lipinski definition) is 4. The molecule has 2 aromatic rings. The predicted molar refractivity (Wildman–Crippen MR) is 173 cm³/mol. The van der Waals surface area contributed by atoms with E-state index in [-0.39, 0.29) is 27.5 Å². The molecular weight excluding hydrogens is 531 g/mol. The first kappa shape index (κ1) is 34.2. The highest BCUT2D eigenvalue weighted by atomic mass is 28.4. The molecule has 0 bridgehead atoms. The van der Waals surface area contributed by atoms with Gasteiger partial charge in [0, 0.05) is 25.1 Å². The van der Waals surface area contributed by atoms with Crippen LogP contribution in [0.15, 0.2) is 72.8 Å². The fraction of sp³-hybridized carbons (Fsp3) is 0.545. The molecule has 0 spiro atoms. The number of nitrogens with zero attached hydrogens (tertiary/aromatic N) is 1. The normalized spacial score (nSPS) is 14.4. The molecule has 0 saturated heterocycles. The van der Waals surface area contributed by atoms with Crippen LogP contribution in [-0.2, 0) is 18.5 Å². The maximum absolute atomic E-state index is 12.4. The van der Waals surface area contributed by atoms with Gasteiger partial charge in [-0.25, -0.2) is 5.06 Å². The van der Waals surface area contributed by atoms with Crippen LogP contribution >= 0.6 is 0 Å². The zero-order chi connectivity index (χ0) is 30.4. The molecular formula is C33H53NO4Si2. The van der Waals surface area contributed by atoms with Crippen molar-refractivity contribution in [2.45, 2.75) is 91.1 Å². The van der Waals surface area contributed by atoms with Gasteiger partial charge in [-0.2, -0.15) is 0 Å². The molecule has 0 saturated carbocycles. The van der Waals surface area contributed by atoms with Crippen LogP contribution in [0.25, 0.3) is 0 Å². The molecule has 0 aliphatic rings. The van der Waals surface area contributed by atoms with Crippen molar-refractivity contribution in [2.75, 3.05) is 20.8 Å². The van der Waals surface area contributed by atoms with Gasteiger partial charge in [0.15, 0.2) is 8.32 Å². The highest BCUT2D eigenvalue weighted by Gasteiger charge is 2.51. The number of amides is 1. The van der Waals surface area contributed by atoms with Crippen LogP contribution in [0.2, 0.25) is 23.2 Å². The van der Waals surface area contributed by atoms with Crippen molar-refractivity contribution >= 4 is 32.9 Å². The second kappa shape index (κ2) is 13.3. The Morgan fingerprint density at radius 1 is 0.850 bits per heavy atom. The third-order valence-electron chi connectivity index (χ3n) is 8.39. The van der Waals surface area contributed by atoms with Gasteiger partial charge in [-0.1, -0.05) is 122 Å². The largest absolute Gasteiger partial charge is 0.413 e. The minimum Gasteiger partial charge on any atom is -0.413 e. The second-order valence-electron chi connectivity index (χ2n) is 14.0. The van der Waals surface area contributed by atoms with Crippen LogP contribution in [-0.4, -0.2) is 54.5 Å². The molecule has 7 heteroatoms. The van der Waals surface area contributed by atoms with E-state index in [4.69, 9.17) is 13.7 Å². The fourth-order valence-electron chi connectivity index (χ4n) is 4.70. The molecule has 0 unspecified atom stereocenters. The van der Waals surface area contributed by atoms with Crippen LogP contribution in [0.5, 0.6) is 0 Å². The lowest BCUT2D eigenvalue weighted by Gasteiger charge is -2.47. The molecule has 0 fully saturated rings. The number of hydrogen-bond donors (Lipinski definition) is 0. The summed E-state index contributed by atoms with van der Waals surface area (Å²) in [5.74, 6) is -0.199. The number of rotatable bonds is 12. The zero-order valence-electron chi connectivity index (χ0n) is 27.0. The van der Waals surface area contributed by atoms with Crippen molar-refractivity contribution in [3.8, 4) is 0 Å². The van der Waals surface area contributed by atoms with E-state index < -0.39 is 16.6 Å². The summed E-state index contributed by atoms with van der Waals surface area (Å²) in [6.45, 7) is 23.3. The summed E-state index contributed by atoms with van der Waals surface area (Å²) in [6, 6.07) is 21.5. The summed E-state index contributed by atoms with van der Waals surface area (Å²) in [7, 11) is -1.73. The molecule has 40 heavy (non-hydrogen) atoms. The van der Waals surface area contributed by atoms with Crippen LogP contribution < -0.4 is 10.4 Å². The van der Waals surface area contributed by atoms with E-state index >= 15 is 0 Å². The standard InChI is InChI=1S/C33H53NO4Si2/c1-31(2,3)39(11,12)38-29(24-19-25-30(35)34(9)36-10)33(7,8)26-37-40(32(4,5)6,27-20-15-13-16-21-27)28-22-17-14-18-23-28/h13-23,25,29H,24,26H2,1-12H3/b25-19+/t29-/m0/s1. The quantitative estimate of drug-likeness (QED) is 0.154. The Bertz CT molecular complexity index is 1060. The Morgan fingerprint density at radius 2 is 1.32 bits per heavy atom. The van der Waals surface area contributed by atoms with E-state index in [1.54, 1.807) is 13.1 Å². The monoisotopic (exact) mass is 583 g/mol. The lowest BCUT2D eigenvalue weighted by atomic mass is 9.86. The highest BCUT2D eigenvalue weighted by Crippen LogP contribution is 2.42. The molecule has 5 nitrogen and oxygen atoms in total. The molecule has 2 rings (SSSR count). The molecule has 1 atom stereocenters. The van der Waals surface area contributed by atoms with Crippen LogP contribution in [0.3, 0.4) is 0 Å². The molecule has 0 aliphatic carbocycles. The molecule has 222 valence electrons. The molecule has 0 N–H and O–H groups in total.